The van der Waals surface area contributed by atoms with Crippen LogP contribution < -0.4 is 0 Å². The Kier molecular flexibility index (Phi) is 23.0. The van der Waals surface area contributed by atoms with Crippen LogP contribution in [0.2, 0.25) is 0 Å². The van der Waals surface area contributed by atoms with E-state index >= 15 is 0 Å². The minimum absolute atomic E-state index is 0.0123. The molecule has 0 aliphatic carbocycles. The molecular formula is C63H96O21. The molecule has 7 aliphatic heterocycles. The Bertz CT molecular complexity index is 2370. The number of aliphatic hydroxyl groups is 7. The summed E-state index contributed by atoms with van der Waals surface area (Å²) >= 11 is 0. The molecule has 24 atom stereocenters. The van der Waals surface area contributed by atoms with Crippen molar-refractivity contribution in [2.24, 2.45) is 29.6 Å². The van der Waals surface area contributed by atoms with Crippen LogP contribution in [0.1, 0.15) is 151 Å². The zero-order valence-corrected chi connectivity index (χ0v) is 50.4. The van der Waals surface area contributed by atoms with Crippen molar-refractivity contribution in [3.8, 4) is 0 Å². The van der Waals surface area contributed by atoms with Crippen LogP contribution in [0.25, 0.3) is 0 Å². The number of ether oxygens (including phenoxy) is 10. The summed E-state index contributed by atoms with van der Waals surface area (Å²) in [6.07, 6.45) is -5.65. The van der Waals surface area contributed by atoms with Gasteiger partial charge in [0.1, 0.15) is 30.2 Å². The molecule has 24 unspecified atom stereocenters. The third-order valence-electron chi connectivity index (χ3n) is 18.5. The lowest BCUT2D eigenvalue weighted by Gasteiger charge is -2.52. The van der Waals surface area contributed by atoms with Crippen molar-refractivity contribution in [2.75, 3.05) is 14.2 Å². The number of methoxy groups -OCH3 is 2. The first-order valence-corrected chi connectivity index (χ1v) is 30.2. The Labute approximate surface area is 494 Å². The van der Waals surface area contributed by atoms with E-state index in [1.165, 1.54) is 26.2 Å². The number of carbonyl (C=O) groups is 4. The number of carbonyl (C=O) groups excluding carboxylic acids is 4. The van der Waals surface area contributed by atoms with Crippen LogP contribution in [0.5, 0.6) is 0 Å². The van der Waals surface area contributed by atoms with Gasteiger partial charge in [0, 0.05) is 96.0 Å². The molecule has 7 rings (SSSR count). The third kappa shape index (κ3) is 16.9. The molecule has 7 heterocycles. The average Bonchev–Trinajstić information content (AvgIpc) is 1.56. The molecule has 474 valence electrons. The van der Waals surface area contributed by atoms with Crippen LogP contribution in [0.3, 0.4) is 0 Å². The van der Waals surface area contributed by atoms with Gasteiger partial charge in [-0.1, -0.05) is 89.0 Å². The molecule has 0 saturated carbocycles. The first-order valence-electron chi connectivity index (χ1n) is 30.2. The van der Waals surface area contributed by atoms with Crippen LogP contribution in [0.15, 0.2) is 61.3 Å². The Morgan fingerprint density at radius 1 is 0.833 bits per heavy atom. The quantitative estimate of drug-likeness (QED) is 0.0675. The first kappa shape index (κ1) is 67.7. The summed E-state index contributed by atoms with van der Waals surface area (Å²) in [4.78, 5) is 55.3. The second-order valence-corrected chi connectivity index (χ2v) is 25.7. The normalized spacial score (nSPS) is 44.9. The fourth-order valence-corrected chi connectivity index (χ4v) is 14.3. The zero-order chi connectivity index (χ0) is 61.6. The molecule has 2 spiro atoms. The maximum Gasteiger partial charge on any atom is 0.309 e. The number of ketones is 1. The fraction of sp³-hybridized carbons (Fsp3) is 0.778. The summed E-state index contributed by atoms with van der Waals surface area (Å²) in [5.74, 6) is -11.8. The number of fused-ring (bicyclic) bond motifs is 8. The van der Waals surface area contributed by atoms with Gasteiger partial charge >= 0.3 is 17.9 Å². The second-order valence-electron chi connectivity index (χ2n) is 25.7. The monoisotopic (exact) mass is 1190 g/mol. The van der Waals surface area contributed by atoms with E-state index in [9.17, 15) is 54.9 Å². The van der Waals surface area contributed by atoms with Gasteiger partial charge in [0.2, 0.25) is 0 Å². The molecule has 21 heteroatoms. The summed E-state index contributed by atoms with van der Waals surface area (Å²) in [7, 11) is 2.82. The van der Waals surface area contributed by atoms with Crippen LogP contribution >= 0.6 is 0 Å². The third-order valence-corrected chi connectivity index (χ3v) is 18.5. The minimum atomic E-state index is -2.39. The number of rotatable bonds is 9. The lowest BCUT2D eigenvalue weighted by Crippen LogP contribution is -2.65. The van der Waals surface area contributed by atoms with Gasteiger partial charge in [0.05, 0.1) is 92.2 Å². The smallest absolute Gasteiger partial charge is 0.309 e. The van der Waals surface area contributed by atoms with E-state index in [2.05, 4.69) is 19.7 Å². The molecule has 0 aromatic heterocycles. The maximum absolute atomic E-state index is 14.5. The standard InChI is InChI=1S/C63H96O21/c1-12-13-17-41(65)20-34(2)21-52-55(70)56-39(7)57(78-52)58(71)63(74)32-50(68)37(5)51(84-63)19-16-14-15-18-43-23-42(66)28-61(80-43)30-46(75-10)24-44(81-61)26-49(67)38(6)54(59(72)76-11)36(4)35(3)22-48-29-60(9,73)33-62(83-48)31-47(77-40(8)64)25-45(82-62)27-53(69)79-56/h12-13,15,17-18,36-39,41-48,50-52,54-58,65-66,68,70-71,73-74H,1-3,14,16,19-33H2,4-11H3/b17-13+,18-15-. The van der Waals surface area contributed by atoms with Gasteiger partial charge in [-0.05, 0) is 51.4 Å². The molecule has 0 aromatic rings. The van der Waals surface area contributed by atoms with Crippen molar-refractivity contribution in [1.29, 1.82) is 0 Å². The number of allylic oxidation sites excluding steroid dienone is 3. The van der Waals surface area contributed by atoms with E-state index in [0.717, 1.165) is 0 Å². The van der Waals surface area contributed by atoms with Gasteiger partial charge in [-0.2, -0.15) is 0 Å². The highest BCUT2D eigenvalue weighted by atomic mass is 16.7. The largest absolute Gasteiger partial charge is 0.469 e. The molecule has 0 radical (unpaired) electrons. The lowest BCUT2D eigenvalue weighted by atomic mass is 9.74. The molecule has 6 fully saturated rings. The van der Waals surface area contributed by atoms with E-state index in [-0.39, 0.29) is 76.1 Å². The summed E-state index contributed by atoms with van der Waals surface area (Å²) in [5.41, 5.74) is -0.488. The predicted octanol–water partition coefficient (Wildman–Crippen LogP) is 5.20. The van der Waals surface area contributed by atoms with Crippen molar-refractivity contribution in [1.82, 2.24) is 0 Å². The predicted molar refractivity (Wildman–Crippen MR) is 303 cm³/mol. The molecule has 0 amide bonds. The van der Waals surface area contributed by atoms with Crippen molar-refractivity contribution in [2.45, 2.75) is 265 Å². The summed E-state index contributed by atoms with van der Waals surface area (Å²) < 4.78 is 62.8. The zero-order valence-electron chi connectivity index (χ0n) is 50.4. The summed E-state index contributed by atoms with van der Waals surface area (Å²) in [5, 5.41) is 82.3. The molecule has 7 N–H and O–H groups in total. The van der Waals surface area contributed by atoms with Crippen molar-refractivity contribution < 1.29 is 102 Å². The molecule has 6 saturated heterocycles. The number of hydrogen-bond acceptors (Lipinski definition) is 21. The Hall–Kier alpha value is -3.78. The van der Waals surface area contributed by atoms with E-state index in [1.54, 1.807) is 47.8 Å². The number of esters is 3. The van der Waals surface area contributed by atoms with E-state index in [0.29, 0.717) is 43.3 Å². The van der Waals surface area contributed by atoms with E-state index < -0.39 is 169 Å². The van der Waals surface area contributed by atoms with E-state index in [4.69, 9.17) is 47.4 Å². The lowest BCUT2D eigenvalue weighted by molar-refractivity contribution is -0.351. The first-order chi connectivity index (χ1) is 39.5. The van der Waals surface area contributed by atoms with Crippen LogP contribution in [-0.2, 0) is 66.5 Å². The van der Waals surface area contributed by atoms with Crippen molar-refractivity contribution in [3.63, 3.8) is 0 Å². The molecule has 84 heavy (non-hydrogen) atoms. The molecule has 21 nitrogen and oxygen atoms in total. The fourth-order valence-electron chi connectivity index (χ4n) is 14.3. The van der Waals surface area contributed by atoms with Crippen LogP contribution in [0, 0.1) is 29.6 Å². The highest BCUT2D eigenvalue weighted by molar-refractivity contribution is 5.87. The van der Waals surface area contributed by atoms with Gasteiger partial charge in [-0.25, -0.2) is 0 Å². The van der Waals surface area contributed by atoms with Gasteiger partial charge in [0.25, 0.3) is 0 Å². The van der Waals surface area contributed by atoms with E-state index in [1.807, 2.05) is 12.2 Å². The second kappa shape index (κ2) is 28.6. The van der Waals surface area contributed by atoms with Crippen LogP contribution in [0.4, 0.5) is 0 Å². The van der Waals surface area contributed by atoms with Crippen molar-refractivity contribution in [3.05, 3.63) is 61.3 Å². The SMILES string of the molecule is C=C/C=C/C(O)CC(=C)CC1OC2C(C)C(OC(=O)CC3CC(OC(C)=O)CC4(CC(C)(O)CC(CC(=C)C(C)C(C(=O)OC)C(C)C(=O)CC5CC(OC)CC6(CC(O)CC(/C=C\CCCC7OC(O)(CC(O)C7C)C2O)O6)O5)O4)O3)C1O. The topological polar surface area (TPSA) is 302 Å². The minimum Gasteiger partial charge on any atom is -0.469 e. The van der Waals surface area contributed by atoms with Gasteiger partial charge in [-0.3, -0.25) is 19.2 Å². The van der Waals surface area contributed by atoms with Crippen LogP contribution in [-0.4, -0.2) is 188 Å². The molecular weight excluding hydrogens is 1090 g/mol. The molecule has 10 bridgehead atoms. The number of hydrogen-bond donors (Lipinski definition) is 7. The van der Waals surface area contributed by atoms with Gasteiger partial charge in [0.15, 0.2) is 17.4 Å². The van der Waals surface area contributed by atoms with Gasteiger partial charge in [-0.15, -0.1) is 0 Å². The average molecular weight is 1190 g/mol. The number of aliphatic hydroxyl groups excluding tert-OH is 5. The molecule has 0 aromatic carbocycles. The summed E-state index contributed by atoms with van der Waals surface area (Å²) in [6.45, 7) is 21.8. The maximum atomic E-state index is 14.5. The van der Waals surface area contributed by atoms with Gasteiger partial charge < -0.3 is 83.1 Å². The van der Waals surface area contributed by atoms with Crippen molar-refractivity contribution >= 4 is 23.7 Å². The summed E-state index contributed by atoms with van der Waals surface area (Å²) in [6, 6.07) is 0. The molecule has 7 aliphatic rings. The highest BCUT2D eigenvalue weighted by Gasteiger charge is 2.58. The Morgan fingerprint density at radius 2 is 1.51 bits per heavy atom. The number of Topliss-reactive ketones (excluding diaryl/α,β-unsaturated/α-hetero) is 1. The highest BCUT2D eigenvalue weighted by Crippen LogP contribution is 2.48. The Balaban J connectivity index is 1.22. The Morgan fingerprint density at radius 3 is 2.20 bits per heavy atom.